The maximum absolute atomic E-state index is 13.1. The average molecular weight is 547 g/mol. The van der Waals surface area contributed by atoms with Gasteiger partial charge in [-0.2, -0.15) is 0 Å². The number of anilines is 1. The molecule has 4 rings (SSSR count). The van der Waals surface area contributed by atoms with E-state index in [-0.39, 0.29) is 28.1 Å². The van der Waals surface area contributed by atoms with E-state index >= 15 is 0 Å². The first-order valence-corrected chi connectivity index (χ1v) is 13.8. The second kappa shape index (κ2) is 10.8. The second-order valence-corrected chi connectivity index (χ2v) is 11.4. The van der Waals surface area contributed by atoms with Crippen molar-refractivity contribution in [2.75, 3.05) is 11.1 Å². The van der Waals surface area contributed by atoms with Crippen LogP contribution in [0.4, 0.5) is 5.69 Å². The highest BCUT2D eigenvalue weighted by molar-refractivity contribution is 7.99. The molecule has 0 aliphatic carbocycles. The number of para-hydroxylation sites is 1. The number of rotatable bonds is 8. The quantitative estimate of drug-likeness (QED) is 0.289. The molecule has 1 N–H and O–H groups in total. The van der Waals surface area contributed by atoms with Crippen molar-refractivity contribution in [2.24, 2.45) is 0 Å². The number of nitrogens with zero attached hydrogens (tertiary/aromatic N) is 3. The zero-order valence-corrected chi connectivity index (χ0v) is 21.6. The summed E-state index contributed by atoms with van der Waals surface area (Å²) in [7, 11) is -3.67. The van der Waals surface area contributed by atoms with Crippen LogP contribution >= 0.6 is 35.0 Å². The zero-order chi connectivity index (χ0) is 25.0. The monoisotopic (exact) mass is 546 g/mol. The molecule has 0 aliphatic heterocycles. The predicted octanol–water partition coefficient (Wildman–Crippen LogP) is 5.59. The Hall–Kier alpha value is -2.85. The molecule has 1 aromatic heterocycles. The van der Waals surface area contributed by atoms with E-state index in [0.29, 0.717) is 26.6 Å². The van der Waals surface area contributed by atoms with Crippen molar-refractivity contribution in [3.8, 4) is 5.69 Å². The standard InChI is InChI=1S/C24H20Cl2N4O3S2/c1-16-7-10-19(11-8-16)35(32,33)15-22-28-29-24(30(22)18-5-3-2-4-6-18)34-14-23(31)27-21-13-17(25)9-12-20(21)26/h2-13H,14-15H2,1H3,(H,27,31). The van der Waals surface area contributed by atoms with Crippen molar-refractivity contribution >= 4 is 56.4 Å². The molecule has 3 aromatic carbocycles. The molecular weight excluding hydrogens is 527 g/mol. The molecule has 35 heavy (non-hydrogen) atoms. The SMILES string of the molecule is Cc1ccc(S(=O)(=O)Cc2nnc(SCC(=O)Nc3cc(Cl)ccc3Cl)n2-c2ccccc2)cc1. The van der Waals surface area contributed by atoms with E-state index in [1.165, 1.54) is 0 Å². The van der Waals surface area contributed by atoms with Gasteiger partial charge in [-0.1, -0.05) is 70.9 Å². The number of hydrogen-bond acceptors (Lipinski definition) is 6. The molecule has 0 saturated heterocycles. The number of amides is 1. The van der Waals surface area contributed by atoms with Crippen molar-refractivity contribution in [1.29, 1.82) is 0 Å². The van der Waals surface area contributed by atoms with Crippen molar-refractivity contribution in [3.05, 3.63) is 94.2 Å². The number of carbonyl (C=O) groups is 1. The van der Waals surface area contributed by atoms with Gasteiger partial charge in [-0.15, -0.1) is 10.2 Å². The van der Waals surface area contributed by atoms with Crippen LogP contribution in [-0.2, 0) is 20.4 Å². The van der Waals surface area contributed by atoms with Gasteiger partial charge in [0.15, 0.2) is 20.8 Å². The molecule has 0 saturated carbocycles. The minimum Gasteiger partial charge on any atom is -0.324 e. The van der Waals surface area contributed by atoms with Crippen LogP contribution < -0.4 is 5.32 Å². The van der Waals surface area contributed by atoms with Crippen LogP contribution in [0.2, 0.25) is 10.0 Å². The van der Waals surface area contributed by atoms with Gasteiger partial charge in [-0.3, -0.25) is 9.36 Å². The first-order valence-electron chi connectivity index (χ1n) is 10.4. The lowest BCUT2D eigenvalue weighted by Crippen LogP contribution is -2.15. The molecule has 7 nitrogen and oxygen atoms in total. The molecule has 11 heteroatoms. The molecule has 0 aliphatic rings. The van der Waals surface area contributed by atoms with Gasteiger partial charge >= 0.3 is 0 Å². The zero-order valence-electron chi connectivity index (χ0n) is 18.5. The van der Waals surface area contributed by atoms with Crippen molar-refractivity contribution < 1.29 is 13.2 Å². The Balaban J connectivity index is 1.58. The number of nitrogens with one attached hydrogen (secondary N) is 1. The summed E-state index contributed by atoms with van der Waals surface area (Å²) >= 11 is 13.2. The van der Waals surface area contributed by atoms with Crippen LogP contribution in [0.5, 0.6) is 0 Å². The number of aryl methyl sites for hydroxylation is 1. The summed E-state index contributed by atoms with van der Waals surface area (Å²) < 4.78 is 27.8. The largest absolute Gasteiger partial charge is 0.324 e. The Morgan fingerprint density at radius 3 is 2.43 bits per heavy atom. The number of benzene rings is 3. The molecule has 180 valence electrons. The number of thioether (sulfide) groups is 1. The minimum absolute atomic E-state index is 0.00147. The molecule has 0 spiro atoms. The van der Waals surface area contributed by atoms with Crippen LogP contribution in [0.25, 0.3) is 5.69 Å². The Labute approximate surface area is 217 Å². The highest BCUT2D eigenvalue weighted by Gasteiger charge is 2.23. The fourth-order valence-electron chi connectivity index (χ4n) is 3.23. The Morgan fingerprint density at radius 2 is 1.71 bits per heavy atom. The number of sulfone groups is 1. The van der Waals surface area contributed by atoms with Crippen molar-refractivity contribution in [3.63, 3.8) is 0 Å². The fourth-order valence-corrected chi connectivity index (χ4v) is 5.58. The molecule has 1 heterocycles. The summed E-state index contributed by atoms with van der Waals surface area (Å²) in [5.74, 6) is -0.422. The van der Waals surface area contributed by atoms with Gasteiger partial charge in [0.2, 0.25) is 5.91 Å². The maximum Gasteiger partial charge on any atom is 0.234 e. The Bertz CT molecular complexity index is 1460. The highest BCUT2D eigenvalue weighted by Crippen LogP contribution is 2.27. The van der Waals surface area contributed by atoms with Crippen LogP contribution in [0.1, 0.15) is 11.4 Å². The third-order valence-electron chi connectivity index (χ3n) is 4.95. The van der Waals surface area contributed by atoms with E-state index in [9.17, 15) is 13.2 Å². The summed E-state index contributed by atoms with van der Waals surface area (Å²) in [6, 6.07) is 20.6. The molecular formula is C24H20Cl2N4O3S2. The van der Waals surface area contributed by atoms with Crippen molar-refractivity contribution in [2.45, 2.75) is 22.7 Å². The van der Waals surface area contributed by atoms with Crippen LogP contribution in [0, 0.1) is 6.92 Å². The molecule has 0 bridgehead atoms. The predicted molar refractivity (Wildman–Crippen MR) is 139 cm³/mol. The molecule has 0 atom stereocenters. The molecule has 1 amide bonds. The molecule has 4 aromatic rings. The first-order chi connectivity index (χ1) is 16.7. The van der Waals surface area contributed by atoms with E-state index < -0.39 is 9.84 Å². The summed E-state index contributed by atoms with van der Waals surface area (Å²) in [5.41, 5.74) is 2.05. The lowest BCUT2D eigenvalue weighted by Gasteiger charge is -2.11. The van der Waals surface area contributed by atoms with Gasteiger partial charge in [0.05, 0.1) is 21.4 Å². The lowest BCUT2D eigenvalue weighted by molar-refractivity contribution is -0.113. The lowest BCUT2D eigenvalue weighted by atomic mass is 10.2. The summed E-state index contributed by atoms with van der Waals surface area (Å²) in [6.07, 6.45) is 0. The van der Waals surface area contributed by atoms with Gasteiger partial charge in [-0.05, 0) is 49.4 Å². The van der Waals surface area contributed by atoms with E-state index in [4.69, 9.17) is 23.2 Å². The molecule has 0 radical (unpaired) electrons. The average Bonchev–Trinajstić information content (AvgIpc) is 3.22. The third kappa shape index (κ3) is 6.24. The third-order valence-corrected chi connectivity index (χ3v) is 8.07. The van der Waals surface area contributed by atoms with E-state index in [2.05, 4.69) is 15.5 Å². The smallest absolute Gasteiger partial charge is 0.234 e. The van der Waals surface area contributed by atoms with Gasteiger partial charge in [0.25, 0.3) is 0 Å². The van der Waals surface area contributed by atoms with Gasteiger partial charge in [0, 0.05) is 10.7 Å². The van der Waals surface area contributed by atoms with Crippen LogP contribution in [-0.4, -0.2) is 34.8 Å². The number of carbonyl (C=O) groups excluding carboxylic acids is 1. The Morgan fingerprint density at radius 1 is 1.00 bits per heavy atom. The number of hydrogen-bond donors (Lipinski definition) is 1. The highest BCUT2D eigenvalue weighted by atomic mass is 35.5. The van der Waals surface area contributed by atoms with E-state index in [1.54, 1.807) is 47.0 Å². The van der Waals surface area contributed by atoms with Crippen LogP contribution in [0.15, 0.2) is 82.8 Å². The second-order valence-electron chi connectivity index (χ2n) is 7.60. The first kappa shape index (κ1) is 25.2. The fraction of sp³-hybridized carbons (Fsp3) is 0.125. The van der Waals surface area contributed by atoms with Crippen LogP contribution in [0.3, 0.4) is 0 Å². The van der Waals surface area contributed by atoms with Gasteiger partial charge in [0.1, 0.15) is 5.75 Å². The van der Waals surface area contributed by atoms with Crippen molar-refractivity contribution in [1.82, 2.24) is 14.8 Å². The van der Waals surface area contributed by atoms with Gasteiger partial charge in [-0.25, -0.2) is 8.42 Å². The molecule has 0 fully saturated rings. The summed E-state index contributed by atoms with van der Waals surface area (Å²) in [5, 5.41) is 12.2. The maximum atomic E-state index is 13.1. The van der Waals surface area contributed by atoms with Gasteiger partial charge < -0.3 is 5.32 Å². The van der Waals surface area contributed by atoms with E-state index in [1.807, 2.05) is 37.3 Å². The minimum atomic E-state index is -3.67. The topological polar surface area (TPSA) is 94.0 Å². The molecule has 0 unspecified atom stereocenters. The van der Waals surface area contributed by atoms with E-state index in [0.717, 1.165) is 17.3 Å². The Kier molecular flexibility index (Phi) is 7.81. The number of aromatic nitrogens is 3. The normalized spacial score (nSPS) is 11.4. The summed E-state index contributed by atoms with van der Waals surface area (Å²) in [6.45, 7) is 1.89. The number of halogens is 2. The summed E-state index contributed by atoms with van der Waals surface area (Å²) in [4.78, 5) is 12.8.